The number of aromatic nitrogens is 1. The van der Waals surface area contributed by atoms with Gasteiger partial charge in [0.2, 0.25) is 18.0 Å². The van der Waals surface area contributed by atoms with E-state index in [2.05, 4.69) is 68.0 Å². The second kappa shape index (κ2) is 22.7. The van der Waals surface area contributed by atoms with Gasteiger partial charge in [-0.05, 0) is 129 Å². The van der Waals surface area contributed by atoms with Gasteiger partial charge in [-0.25, -0.2) is 4.79 Å². The lowest BCUT2D eigenvalue weighted by molar-refractivity contribution is -0.151. The number of hydrogen-bond donors (Lipinski definition) is 8. The number of piperidine rings is 1. The van der Waals surface area contributed by atoms with Crippen molar-refractivity contribution in [1.29, 1.82) is 0 Å². The minimum Gasteiger partial charge on any atom is -0.480 e. The van der Waals surface area contributed by atoms with Crippen molar-refractivity contribution in [3.63, 3.8) is 0 Å². The number of aliphatic carboxylic acids is 2. The van der Waals surface area contributed by atoms with Gasteiger partial charge in [0.15, 0.2) is 0 Å². The summed E-state index contributed by atoms with van der Waals surface area (Å²) in [4.78, 5) is 70.2. The van der Waals surface area contributed by atoms with E-state index in [9.17, 15) is 34.5 Å². The third kappa shape index (κ3) is 11.9. The molecule has 2 amide bonds. The van der Waals surface area contributed by atoms with Gasteiger partial charge in [0.05, 0.1) is 5.25 Å². The van der Waals surface area contributed by atoms with Crippen molar-refractivity contribution in [3.8, 4) is 0 Å². The number of hydrogen-bond acceptors (Lipinski definition) is 12. The quantitative estimate of drug-likeness (QED) is 0.0548. The summed E-state index contributed by atoms with van der Waals surface area (Å²) in [5, 5.41) is 43.5. The number of thioether (sulfide) groups is 1. The second-order valence-corrected chi connectivity index (χ2v) is 19.7. The lowest BCUT2D eigenvalue weighted by atomic mass is 9.64. The SMILES string of the molecule is CNCN[C@@H](CCC(=O)N[C@@H](CS[C@H]1C2=C3[C@@H](CCCCCC14CCCC4)CC(Cc1ccncc1)=C([C@@H]1NCCC[C@H]1Cc1ccccc1)[C@H]3C(=O)O2)C(=O)N[C@@H](O)C(=O)O)C(=O)O. The molecule has 1 aromatic carbocycles. The van der Waals surface area contributed by atoms with Gasteiger partial charge in [0, 0.05) is 37.3 Å². The normalized spacial score (nSPS) is 25.6. The number of pyridine rings is 1. The van der Waals surface area contributed by atoms with Crippen molar-refractivity contribution in [2.24, 2.45) is 23.2 Å². The fraction of sp³-hybridized carbons (Fsp3) is 0.592. The van der Waals surface area contributed by atoms with Crippen LogP contribution in [-0.2, 0) is 41.6 Å². The molecule has 8 atom stereocenters. The number of amides is 2. The summed E-state index contributed by atoms with van der Waals surface area (Å²) < 4.78 is 6.75. The van der Waals surface area contributed by atoms with Crippen LogP contribution in [0, 0.1) is 23.2 Å². The molecule has 1 spiro atoms. The number of ether oxygens (including phenoxy) is 1. The number of nitrogens with zero attached hydrogens (tertiary/aromatic N) is 1. The molecule has 352 valence electrons. The molecule has 1 saturated carbocycles. The minimum atomic E-state index is -2.21. The molecule has 1 aromatic heterocycles. The van der Waals surface area contributed by atoms with Crippen molar-refractivity contribution in [1.82, 2.24) is 31.6 Å². The van der Waals surface area contributed by atoms with Gasteiger partial charge in [0.25, 0.3) is 0 Å². The number of allylic oxidation sites excluding steroid dienone is 1. The molecule has 2 aromatic rings. The Morgan fingerprint density at radius 1 is 0.892 bits per heavy atom. The Bertz CT molecular complexity index is 2060. The van der Waals surface area contributed by atoms with Crippen molar-refractivity contribution in [2.45, 2.75) is 132 Å². The Morgan fingerprint density at radius 3 is 2.34 bits per heavy atom. The van der Waals surface area contributed by atoms with Crippen molar-refractivity contribution in [2.75, 3.05) is 26.0 Å². The van der Waals surface area contributed by atoms with Crippen LogP contribution in [0.15, 0.2) is 77.3 Å². The molecule has 2 aliphatic heterocycles. The highest BCUT2D eigenvalue weighted by atomic mass is 32.2. The molecule has 3 heterocycles. The highest BCUT2D eigenvalue weighted by molar-refractivity contribution is 8.00. The average Bonchev–Trinajstić information content (AvgIpc) is 3.91. The van der Waals surface area contributed by atoms with E-state index in [4.69, 9.17) is 4.74 Å². The first-order valence-electron chi connectivity index (χ1n) is 23.5. The topological polar surface area (TPSA) is 228 Å². The van der Waals surface area contributed by atoms with E-state index in [1.165, 1.54) is 22.9 Å². The second-order valence-electron chi connectivity index (χ2n) is 18.6. The van der Waals surface area contributed by atoms with Crippen molar-refractivity contribution < 1.29 is 44.0 Å². The molecule has 7 rings (SSSR count). The van der Waals surface area contributed by atoms with Crippen LogP contribution in [-0.4, -0.2) is 106 Å². The molecule has 0 unspecified atom stereocenters. The van der Waals surface area contributed by atoms with E-state index in [1.54, 1.807) is 7.05 Å². The summed E-state index contributed by atoms with van der Waals surface area (Å²) in [6.45, 7) is 1.05. The van der Waals surface area contributed by atoms with Crippen LogP contribution in [0.1, 0.15) is 101 Å². The number of esters is 1. The van der Waals surface area contributed by atoms with Crippen molar-refractivity contribution in [3.05, 3.63) is 88.5 Å². The maximum Gasteiger partial charge on any atom is 0.353 e. The summed E-state index contributed by atoms with van der Waals surface area (Å²) in [6.07, 6.45) is 14.3. The highest BCUT2D eigenvalue weighted by Gasteiger charge is 2.54. The third-order valence-electron chi connectivity index (χ3n) is 14.3. The Morgan fingerprint density at radius 2 is 1.63 bits per heavy atom. The first-order chi connectivity index (χ1) is 31.5. The van der Waals surface area contributed by atoms with Gasteiger partial charge in [-0.15, -0.1) is 11.8 Å². The standard InChI is InChI=1S/C49H66N6O9S/c1-50-29-53-35(46(59)60)15-16-37(56)54-36(44(57)55-45(58)47(61)62)28-65-43-42-39-32(13-6-3-7-19-49(43)20-8-9-21-49)27-34(26-31-17-23-51-24-18-31)38(40(39)48(63)64-42)41-33(14-10-22-52-41)25-30-11-4-2-5-12-30/h2,4-5,11-12,17-18,23-24,32-33,35-36,40-41,43,45,50,52-53,58H,3,6-10,13-16,19-22,25-29H2,1H3,(H,54,56)(H,55,57)(H,59,60)(H,61,62)/t32-,33-,35-,36-,40+,41+,43-,45-/m0/s1. The summed E-state index contributed by atoms with van der Waals surface area (Å²) in [5.74, 6) is -4.13. The molecule has 16 heteroatoms. The Balaban J connectivity index is 1.27. The van der Waals surface area contributed by atoms with Gasteiger partial charge in [0.1, 0.15) is 23.8 Å². The first-order valence-corrected chi connectivity index (χ1v) is 24.6. The predicted molar refractivity (Wildman–Crippen MR) is 246 cm³/mol. The fourth-order valence-corrected chi connectivity index (χ4v) is 12.9. The summed E-state index contributed by atoms with van der Waals surface area (Å²) in [7, 11) is 1.66. The van der Waals surface area contributed by atoms with Crippen LogP contribution < -0.4 is 26.6 Å². The molecule has 8 N–H and O–H groups in total. The van der Waals surface area contributed by atoms with Crippen LogP contribution in [0.3, 0.4) is 0 Å². The van der Waals surface area contributed by atoms with Crippen LogP contribution in [0.5, 0.6) is 0 Å². The lowest BCUT2D eigenvalue weighted by Gasteiger charge is -2.43. The predicted octanol–water partition coefficient (Wildman–Crippen LogP) is 4.61. The zero-order valence-corrected chi connectivity index (χ0v) is 38.2. The molecule has 15 nitrogen and oxygen atoms in total. The number of carbonyl (C=O) groups excluding carboxylic acids is 3. The Kier molecular flexibility index (Phi) is 16.9. The third-order valence-corrected chi connectivity index (χ3v) is 15.9. The number of carbonyl (C=O) groups is 5. The summed E-state index contributed by atoms with van der Waals surface area (Å²) in [5.41, 5.74) is 5.62. The monoisotopic (exact) mass is 914 g/mol. The molecular weight excluding hydrogens is 849 g/mol. The number of aliphatic hydroxyl groups excluding tert-OH is 1. The van der Waals surface area contributed by atoms with Crippen LogP contribution >= 0.6 is 11.8 Å². The van der Waals surface area contributed by atoms with Crippen LogP contribution in [0.25, 0.3) is 0 Å². The number of carboxylic acid groups (broad SMARTS) is 2. The molecule has 1 saturated heterocycles. The highest BCUT2D eigenvalue weighted by Crippen LogP contribution is 2.58. The van der Waals surface area contributed by atoms with Gasteiger partial charge in [-0.3, -0.25) is 29.5 Å². The van der Waals surface area contributed by atoms with E-state index >= 15 is 4.79 Å². The van der Waals surface area contributed by atoms with Crippen molar-refractivity contribution >= 4 is 41.5 Å². The van der Waals surface area contributed by atoms with E-state index in [1.807, 2.05) is 18.5 Å². The Labute approximate surface area is 385 Å². The van der Waals surface area contributed by atoms with E-state index in [-0.39, 0.29) is 59.8 Å². The van der Waals surface area contributed by atoms with E-state index in [0.29, 0.717) is 12.2 Å². The first kappa shape index (κ1) is 48.3. The average molecular weight is 915 g/mol. The smallest absolute Gasteiger partial charge is 0.353 e. The molecule has 0 radical (unpaired) electrons. The van der Waals surface area contributed by atoms with Gasteiger partial charge >= 0.3 is 17.9 Å². The number of nitrogens with one attached hydrogen (secondary N) is 5. The van der Waals surface area contributed by atoms with Gasteiger partial charge in [-0.2, -0.15) is 0 Å². The maximum atomic E-state index is 15.0. The lowest BCUT2D eigenvalue weighted by Crippen LogP contribution is -2.53. The van der Waals surface area contributed by atoms with Gasteiger partial charge < -0.3 is 41.3 Å². The molecule has 2 fully saturated rings. The molecule has 65 heavy (non-hydrogen) atoms. The van der Waals surface area contributed by atoms with Crippen LogP contribution in [0.2, 0.25) is 0 Å². The summed E-state index contributed by atoms with van der Waals surface area (Å²) in [6, 6.07) is 12.3. The molecule has 3 aliphatic carbocycles. The molecule has 5 aliphatic rings. The van der Waals surface area contributed by atoms with E-state index in [0.717, 1.165) is 107 Å². The van der Waals surface area contributed by atoms with Crippen LogP contribution in [0.4, 0.5) is 0 Å². The van der Waals surface area contributed by atoms with Gasteiger partial charge in [-0.1, -0.05) is 68.0 Å². The number of rotatable bonds is 19. The Hall–Kier alpha value is -4.61. The van der Waals surface area contributed by atoms with E-state index < -0.39 is 48.0 Å². The summed E-state index contributed by atoms with van der Waals surface area (Å²) >= 11 is 1.45. The zero-order chi connectivity index (χ0) is 45.9. The number of carboxylic acids is 2. The maximum absolute atomic E-state index is 15.0. The molecular formula is C49H66N6O9S. The zero-order valence-electron chi connectivity index (χ0n) is 37.4. The fourth-order valence-electron chi connectivity index (χ4n) is 11.2. The number of benzene rings is 1. The largest absolute Gasteiger partial charge is 0.480 e. The number of aliphatic hydroxyl groups is 1. The minimum absolute atomic E-state index is 0.0142. The molecule has 0 bridgehead atoms.